The Kier molecular flexibility index (Phi) is 8.09. The summed E-state index contributed by atoms with van der Waals surface area (Å²) in [7, 11) is 1.61. The van der Waals surface area contributed by atoms with Gasteiger partial charge in [0.2, 0.25) is 5.79 Å². The van der Waals surface area contributed by atoms with Gasteiger partial charge < -0.3 is 23.7 Å². The lowest BCUT2D eigenvalue weighted by Crippen LogP contribution is -2.29. The highest BCUT2D eigenvalue weighted by Crippen LogP contribution is 2.44. The molecule has 1 saturated heterocycles. The molecule has 1 aliphatic rings. The summed E-state index contributed by atoms with van der Waals surface area (Å²) in [5, 5.41) is 0. The average molecular weight is 461 g/mol. The molecule has 0 amide bonds. The fraction of sp³-hybridized carbons (Fsp3) is 0.480. The van der Waals surface area contributed by atoms with Crippen LogP contribution in [-0.2, 0) is 24.8 Å². The Hall–Kier alpha value is -2.22. The molecule has 0 atom stereocenters. The summed E-state index contributed by atoms with van der Waals surface area (Å²) in [6.45, 7) is 7.13. The second kappa shape index (κ2) is 10.6. The molecule has 0 aliphatic carbocycles. The first-order valence-electron chi connectivity index (χ1n) is 10.8. The Bertz CT molecular complexity index is 903. The molecule has 1 aliphatic heterocycles. The third kappa shape index (κ3) is 5.22. The number of hydrogen-bond donors (Lipinski definition) is 0. The van der Waals surface area contributed by atoms with Crippen LogP contribution in [0.15, 0.2) is 47.4 Å². The van der Waals surface area contributed by atoms with E-state index in [-0.39, 0.29) is 19.2 Å². The highest BCUT2D eigenvalue weighted by molar-refractivity contribution is 7.98. The fourth-order valence-electron chi connectivity index (χ4n) is 3.37. The van der Waals surface area contributed by atoms with Gasteiger partial charge in [0.05, 0.1) is 31.3 Å². The predicted octanol–water partition coefficient (Wildman–Crippen LogP) is 5.02. The largest absolute Gasteiger partial charge is 0.496 e. The third-order valence-electron chi connectivity index (χ3n) is 5.71. The molecule has 6 nitrogen and oxygen atoms in total. The second-order valence-electron chi connectivity index (χ2n) is 8.13. The first-order chi connectivity index (χ1) is 15.4. The van der Waals surface area contributed by atoms with Crippen LogP contribution in [-0.4, -0.2) is 45.8 Å². The van der Waals surface area contributed by atoms with Crippen LogP contribution in [0.2, 0.25) is 0 Å². The lowest BCUT2D eigenvalue weighted by atomic mass is 9.91. The van der Waals surface area contributed by atoms with E-state index in [0.717, 1.165) is 17.5 Å². The van der Waals surface area contributed by atoms with Gasteiger partial charge in [0.1, 0.15) is 24.7 Å². The number of ether oxygens (including phenoxy) is 5. The minimum absolute atomic E-state index is 0.185. The van der Waals surface area contributed by atoms with Crippen molar-refractivity contribution in [3.63, 3.8) is 0 Å². The van der Waals surface area contributed by atoms with E-state index in [0.29, 0.717) is 24.7 Å². The summed E-state index contributed by atoms with van der Waals surface area (Å²) in [6.07, 6.45) is 2.76. The van der Waals surface area contributed by atoms with Crippen molar-refractivity contribution >= 4 is 17.7 Å². The van der Waals surface area contributed by atoms with Gasteiger partial charge in [-0.15, -0.1) is 11.8 Å². The zero-order valence-corrected chi connectivity index (χ0v) is 20.3. The zero-order valence-electron chi connectivity index (χ0n) is 19.4. The normalized spacial score (nSPS) is 15.4. The van der Waals surface area contributed by atoms with Crippen molar-refractivity contribution in [2.75, 3.05) is 39.8 Å². The number of carbonyl (C=O) groups is 1. The van der Waals surface area contributed by atoms with Gasteiger partial charge in [-0.05, 0) is 50.8 Å². The van der Waals surface area contributed by atoms with E-state index in [1.165, 1.54) is 4.90 Å². The van der Waals surface area contributed by atoms with Crippen LogP contribution in [0.5, 0.6) is 11.5 Å². The molecule has 0 radical (unpaired) electrons. The second-order valence-corrected chi connectivity index (χ2v) is 9.01. The molecule has 32 heavy (non-hydrogen) atoms. The maximum absolute atomic E-state index is 12.1. The Balaban J connectivity index is 1.74. The number of benzene rings is 2. The van der Waals surface area contributed by atoms with Crippen molar-refractivity contribution in [2.45, 2.75) is 37.9 Å². The molecule has 0 aromatic heterocycles. The standard InChI is InChI=1S/C25H32O6S/c1-6-24(2,3)23(26)29-14-13-28-19-9-12-21(22(17-19)27-4)25(30-15-16-31-25)18-7-10-20(32-5)11-8-18/h7-12,17H,6,13-16H2,1-5H3. The van der Waals surface area contributed by atoms with Crippen LogP contribution >= 0.6 is 11.8 Å². The van der Waals surface area contributed by atoms with Crippen LogP contribution in [0, 0.1) is 5.41 Å². The van der Waals surface area contributed by atoms with Gasteiger partial charge in [0.15, 0.2) is 0 Å². The van der Waals surface area contributed by atoms with Gasteiger partial charge in [-0.1, -0.05) is 19.1 Å². The molecule has 174 valence electrons. The van der Waals surface area contributed by atoms with E-state index < -0.39 is 11.2 Å². The van der Waals surface area contributed by atoms with Crippen molar-refractivity contribution in [3.8, 4) is 11.5 Å². The highest BCUT2D eigenvalue weighted by Gasteiger charge is 2.43. The first-order valence-corrected chi connectivity index (χ1v) is 12.0. The van der Waals surface area contributed by atoms with Crippen LogP contribution < -0.4 is 9.47 Å². The SMILES string of the molecule is CCC(C)(C)C(=O)OCCOc1ccc(C2(c3ccc(SC)cc3)OCCO2)c(OC)c1. The molecule has 0 N–H and O–H groups in total. The molecule has 7 heteroatoms. The fourth-order valence-corrected chi connectivity index (χ4v) is 3.78. The van der Waals surface area contributed by atoms with E-state index >= 15 is 0 Å². The first kappa shape index (κ1) is 24.4. The van der Waals surface area contributed by atoms with E-state index in [1.54, 1.807) is 24.9 Å². The maximum atomic E-state index is 12.1. The molecular weight excluding hydrogens is 428 g/mol. The van der Waals surface area contributed by atoms with Crippen molar-refractivity contribution < 1.29 is 28.5 Å². The summed E-state index contributed by atoms with van der Waals surface area (Å²) >= 11 is 1.68. The highest BCUT2D eigenvalue weighted by atomic mass is 32.2. The Labute approximate surface area is 194 Å². The molecule has 0 unspecified atom stereocenters. The summed E-state index contributed by atoms with van der Waals surface area (Å²) < 4.78 is 29.0. The topological polar surface area (TPSA) is 63.2 Å². The van der Waals surface area contributed by atoms with Crippen molar-refractivity contribution in [1.82, 2.24) is 0 Å². The molecule has 0 saturated carbocycles. The predicted molar refractivity (Wildman–Crippen MR) is 124 cm³/mol. The Morgan fingerprint density at radius 2 is 1.78 bits per heavy atom. The summed E-state index contributed by atoms with van der Waals surface area (Å²) in [6, 6.07) is 13.7. The molecule has 2 aromatic carbocycles. The van der Waals surface area contributed by atoms with Crippen LogP contribution in [0.3, 0.4) is 0 Å². The lowest BCUT2D eigenvalue weighted by Gasteiger charge is -2.30. The van der Waals surface area contributed by atoms with Crippen molar-refractivity contribution in [2.24, 2.45) is 5.41 Å². The molecule has 1 heterocycles. The van der Waals surface area contributed by atoms with Gasteiger partial charge in [-0.3, -0.25) is 4.79 Å². The zero-order chi connectivity index (χ0) is 23.2. The average Bonchev–Trinajstić information content (AvgIpc) is 3.32. The number of methoxy groups -OCH3 is 1. The van der Waals surface area contributed by atoms with E-state index in [4.69, 9.17) is 23.7 Å². The Morgan fingerprint density at radius 1 is 1.09 bits per heavy atom. The van der Waals surface area contributed by atoms with Gasteiger partial charge in [-0.2, -0.15) is 0 Å². The van der Waals surface area contributed by atoms with E-state index in [9.17, 15) is 4.79 Å². The summed E-state index contributed by atoms with van der Waals surface area (Å²) in [4.78, 5) is 13.3. The summed E-state index contributed by atoms with van der Waals surface area (Å²) in [5.41, 5.74) is 1.19. The smallest absolute Gasteiger partial charge is 0.311 e. The van der Waals surface area contributed by atoms with Crippen molar-refractivity contribution in [1.29, 1.82) is 0 Å². The monoisotopic (exact) mass is 460 g/mol. The van der Waals surface area contributed by atoms with Crippen LogP contribution in [0.25, 0.3) is 0 Å². The molecule has 1 fully saturated rings. The van der Waals surface area contributed by atoms with Gasteiger partial charge in [0.25, 0.3) is 0 Å². The molecule has 0 spiro atoms. The van der Waals surface area contributed by atoms with Gasteiger partial charge >= 0.3 is 5.97 Å². The van der Waals surface area contributed by atoms with E-state index in [2.05, 4.69) is 12.1 Å². The molecular formula is C25H32O6S. The third-order valence-corrected chi connectivity index (χ3v) is 6.46. The number of thioether (sulfide) groups is 1. The number of esters is 1. The lowest BCUT2D eigenvalue weighted by molar-refractivity contribution is -0.154. The molecule has 3 rings (SSSR count). The number of hydrogen-bond acceptors (Lipinski definition) is 7. The Morgan fingerprint density at radius 3 is 2.38 bits per heavy atom. The molecule has 2 aromatic rings. The summed E-state index contributed by atoms with van der Waals surface area (Å²) in [5.74, 6) is -0.0338. The minimum Gasteiger partial charge on any atom is -0.496 e. The number of carbonyl (C=O) groups excluding carboxylic acids is 1. The van der Waals surface area contributed by atoms with E-state index in [1.807, 2.05) is 51.3 Å². The van der Waals surface area contributed by atoms with Crippen LogP contribution in [0.1, 0.15) is 38.3 Å². The number of rotatable bonds is 10. The van der Waals surface area contributed by atoms with Crippen molar-refractivity contribution in [3.05, 3.63) is 53.6 Å². The van der Waals surface area contributed by atoms with Crippen LogP contribution in [0.4, 0.5) is 0 Å². The maximum Gasteiger partial charge on any atom is 0.311 e. The molecule has 0 bridgehead atoms. The minimum atomic E-state index is -1.03. The van der Waals surface area contributed by atoms with Gasteiger partial charge in [-0.25, -0.2) is 0 Å². The van der Waals surface area contributed by atoms with Gasteiger partial charge in [0, 0.05) is 16.5 Å². The quantitative estimate of drug-likeness (QED) is 0.280.